The number of sulfonamides is 1. The normalized spacial score (nSPS) is 12.0. The summed E-state index contributed by atoms with van der Waals surface area (Å²) in [5, 5.41) is 0.901. The first-order valence-electron chi connectivity index (χ1n) is 7.47. The highest BCUT2D eigenvalue weighted by Crippen LogP contribution is 2.20. The highest BCUT2D eigenvalue weighted by molar-refractivity contribution is 7.88. The van der Waals surface area contributed by atoms with E-state index in [1.54, 1.807) is 24.4 Å². The van der Waals surface area contributed by atoms with Crippen LogP contribution in [0.1, 0.15) is 11.1 Å². The van der Waals surface area contributed by atoms with Crippen LogP contribution in [-0.2, 0) is 22.3 Å². The molecule has 0 fully saturated rings. The van der Waals surface area contributed by atoms with Crippen molar-refractivity contribution < 1.29 is 12.8 Å². The highest BCUT2D eigenvalue weighted by Gasteiger charge is 2.20. The molecule has 6 heteroatoms. The zero-order chi connectivity index (χ0) is 17.2. The molecule has 1 heterocycles. The topological polar surface area (TPSA) is 50.3 Å². The van der Waals surface area contributed by atoms with Crippen molar-refractivity contribution in [3.8, 4) is 0 Å². The summed E-state index contributed by atoms with van der Waals surface area (Å²) in [6.07, 6.45) is 1.65. The van der Waals surface area contributed by atoms with E-state index in [1.807, 2.05) is 24.3 Å². The van der Waals surface area contributed by atoms with Crippen molar-refractivity contribution in [1.29, 1.82) is 0 Å². The van der Waals surface area contributed by atoms with Crippen LogP contribution in [0.2, 0.25) is 0 Å². The van der Waals surface area contributed by atoms with Crippen molar-refractivity contribution in [1.82, 2.24) is 9.29 Å². The minimum absolute atomic E-state index is 0.123. The molecule has 3 aromatic rings. The predicted molar refractivity (Wildman–Crippen MR) is 92.2 cm³/mol. The Morgan fingerprint density at radius 3 is 2.62 bits per heavy atom. The maximum absolute atomic E-state index is 13.3. The number of para-hydroxylation sites is 1. The summed E-state index contributed by atoms with van der Waals surface area (Å²) >= 11 is 0. The van der Waals surface area contributed by atoms with Gasteiger partial charge in [-0.05, 0) is 29.3 Å². The third kappa shape index (κ3) is 3.60. The van der Waals surface area contributed by atoms with E-state index < -0.39 is 10.0 Å². The summed E-state index contributed by atoms with van der Waals surface area (Å²) in [6.45, 7) is 0.123. The number of halogens is 1. The maximum Gasteiger partial charge on any atom is 0.218 e. The molecular formula is C18H17FN2O2S. The van der Waals surface area contributed by atoms with Gasteiger partial charge in [0.05, 0.1) is 11.3 Å². The molecule has 1 aromatic heterocycles. The van der Waals surface area contributed by atoms with Crippen molar-refractivity contribution in [3.05, 3.63) is 77.7 Å². The van der Waals surface area contributed by atoms with Crippen LogP contribution >= 0.6 is 0 Å². The van der Waals surface area contributed by atoms with Crippen molar-refractivity contribution in [2.24, 2.45) is 0 Å². The molecule has 3 rings (SSSR count). The van der Waals surface area contributed by atoms with Crippen molar-refractivity contribution in [2.45, 2.75) is 12.3 Å². The van der Waals surface area contributed by atoms with Gasteiger partial charge in [-0.3, -0.25) is 4.98 Å². The van der Waals surface area contributed by atoms with Crippen LogP contribution < -0.4 is 0 Å². The van der Waals surface area contributed by atoms with Gasteiger partial charge >= 0.3 is 0 Å². The number of rotatable bonds is 5. The van der Waals surface area contributed by atoms with E-state index in [0.29, 0.717) is 16.6 Å². The molecule has 0 aliphatic rings. The Labute approximate surface area is 140 Å². The zero-order valence-corrected chi connectivity index (χ0v) is 14.0. The van der Waals surface area contributed by atoms with E-state index in [1.165, 1.54) is 23.5 Å². The fourth-order valence-electron chi connectivity index (χ4n) is 2.58. The van der Waals surface area contributed by atoms with Gasteiger partial charge in [0, 0.05) is 25.2 Å². The van der Waals surface area contributed by atoms with Gasteiger partial charge in [-0.15, -0.1) is 0 Å². The SMILES string of the molecule is CN(Cc1cccc(F)c1)S(=O)(=O)Cc1cccc2cccnc12. The molecule has 0 spiro atoms. The minimum Gasteiger partial charge on any atom is -0.256 e. The van der Waals surface area contributed by atoms with E-state index in [0.717, 1.165) is 5.39 Å². The third-order valence-electron chi connectivity index (χ3n) is 3.82. The number of hydrogen-bond acceptors (Lipinski definition) is 3. The molecule has 0 saturated heterocycles. The molecule has 0 amide bonds. The van der Waals surface area contributed by atoms with E-state index >= 15 is 0 Å². The van der Waals surface area contributed by atoms with E-state index in [4.69, 9.17) is 0 Å². The summed E-state index contributed by atoms with van der Waals surface area (Å²) in [5.41, 5.74) is 1.94. The summed E-state index contributed by atoms with van der Waals surface area (Å²) in [4.78, 5) is 4.29. The first-order chi connectivity index (χ1) is 11.5. The van der Waals surface area contributed by atoms with Gasteiger partial charge in [-0.25, -0.2) is 17.1 Å². The lowest BCUT2D eigenvalue weighted by Gasteiger charge is -2.18. The molecule has 0 saturated carbocycles. The lowest BCUT2D eigenvalue weighted by Crippen LogP contribution is -2.27. The Morgan fingerprint density at radius 1 is 1.08 bits per heavy atom. The molecule has 0 bridgehead atoms. The lowest BCUT2D eigenvalue weighted by molar-refractivity contribution is 0.464. The molecule has 124 valence electrons. The first kappa shape index (κ1) is 16.5. The van der Waals surface area contributed by atoms with Gasteiger partial charge in [0.2, 0.25) is 10.0 Å². The van der Waals surface area contributed by atoms with Crippen LogP contribution in [0.5, 0.6) is 0 Å². The smallest absolute Gasteiger partial charge is 0.218 e. The van der Waals surface area contributed by atoms with Gasteiger partial charge in [0.25, 0.3) is 0 Å². The molecule has 0 aliphatic heterocycles. The van der Waals surface area contributed by atoms with Gasteiger partial charge in [-0.2, -0.15) is 0 Å². The second-order valence-corrected chi connectivity index (χ2v) is 7.71. The quantitative estimate of drug-likeness (QED) is 0.713. The first-order valence-corrected chi connectivity index (χ1v) is 9.08. The van der Waals surface area contributed by atoms with Gasteiger partial charge in [0.1, 0.15) is 5.82 Å². The Balaban J connectivity index is 1.84. The second-order valence-electron chi connectivity index (χ2n) is 5.63. The highest BCUT2D eigenvalue weighted by atomic mass is 32.2. The maximum atomic E-state index is 13.3. The zero-order valence-electron chi connectivity index (χ0n) is 13.2. The molecule has 4 nitrogen and oxygen atoms in total. The van der Waals surface area contributed by atoms with E-state index in [-0.39, 0.29) is 18.1 Å². The fraction of sp³-hybridized carbons (Fsp3) is 0.167. The third-order valence-corrected chi connectivity index (χ3v) is 5.58. The Morgan fingerprint density at radius 2 is 1.83 bits per heavy atom. The van der Waals surface area contributed by atoms with E-state index in [2.05, 4.69) is 4.98 Å². The standard InChI is InChI=1S/C18H17FN2O2S/c1-21(12-14-5-2-9-17(19)11-14)24(22,23)13-16-7-3-6-15-8-4-10-20-18(15)16/h2-11H,12-13H2,1H3. The molecule has 0 N–H and O–H groups in total. The minimum atomic E-state index is -3.54. The van der Waals surface area contributed by atoms with Crippen LogP contribution in [0.25, 0.3) is 10.9 Å². The largest absolute Gasteiger partial charge is 0.256 e. The van der Waals surface area contributed by atoms with Gasteiger partial charge in [0.15, 0.2) is 0 Å². The summed E-state index contributed by atoms with van der Waals surface area (Å²) in [7, 11) is -2.05. The number of hydrogen-bond donors (Lipinski definition) is 0. The van der Waals surface area contributed by atoms with Crippen LogP contribution in [0.15, 0.2) is 60.8 Å². The molecule has 24 heavy (non-hydrogen) atoms. The number of pyridine rings is 1. The van der Waals surface area contributed by atoms with Gasteiger partial charge in [-0.1, -0.05) is 36.4 Å². The summed E-state index contributed by atoms with van der Waals surface area (Å²) in [6, 6.07) is 15.1. The van der Waals surface area contributed by atoms with Crippen molar-refractivity contribution in [3.63, 3.8) is 0 Å². The number of fused-ring (bicyclic) bond motifs is 1. The molecule has 0 atom stereocenters. The van der Waals surface area contributed by atoms with E-state index in [9.17, 15) is 12.8 Å². The van der Waals surface area contributed by atoms with Crippen LogP contribution in [0, 0.1) is 5.82 Å². The second kappa shape index (κ2) is 6.67. The molecule has 0 radical (unpaired) electrons. The number of aromatic nitrogens is 1. The summed E-state index contributed by atoms with van der Waals surface area (Å²) < 4.78 is 39.8. The Hall–Kier alpha value is -2.31. The number of benzene rings is 2. The van der Waals surface area contributed by atoms with Crippen molar-refractivity contribution in [2.75, 3.05) is 7.05 Å². The lowest BCUT2D eigenvalue weighted by atomic mass is 10.1. The molecule has 0 aliphatic carbocycles. The number of nitrogens with zero attached hydrogens (tertiary/aromatic N) is 2. The van der Waals surface area contributed by atoms with Crippen LogP contribution in [0.4, 0.5) is 4.39 Å². The monoisotopic (exact) mass is 344 g/mol. The molecule has 2 aromatic carbocycles. The predicted octanol–water partition coefficient (Wildman–Crippen LogP) is 3.34. The summed E-state index contributed by atoms with van der Waals surface area (Å²) in [5.74, 6) is -0.524. The molecule has 0 unspecified atom stereocenters. The van der Waals surface area contributed by atoms with Crippen LogP contribution in [-0.4, -0.2) is 24.8 Å². The van der Waals surface area contributed by atoms with Crippen molar-refractivity contribution >= 4 is 20.9 Å². The average molecular weight is 344 g/mol. The fourth-order valence-corrected chi connectivity index (χ4v) is 3.77. The molecular weight excluding hydrogens is 327 g/mol. The van der Waals surface area contributed by atoms with Gasteiger partial charge < -0.3 is 0 Å². The average Bonchev–Trinajstić information content (AvgIpc) is 2.55. The Bertz CT molecular complexity index is 968. The Kier molecular flexibility index (Phi) is 4.59. The van der Waals surface area contributed by atoms with Crippen LogP contribution in [0.3, 0.4) is 0 Å².